The van der Waals surface area contributed by atoms with Gasteiger partial charge in [-0.25, -0.2) is 0 Å². The van der Waals surface area contributed by atoms with Crippen molar-refractivity contribution in [1.82, 2.24) is 5.32 Å². The number of methoxy groups -OCH3 is 1. The summed E-state index contributed by atoms with van der Waals surface area (Å²) in [6.07, 6.45) is 0.357. The minimum atomic E-state index is -0.0354. The predicted molar refractivity (Wildman–Crippen MR) is 150 cm³/mol. The van der Waals surface area contributed by atoms with Crippen LogP contribution in [0.4, 0.5) is 0 Å². The number of hydrogen-bond acceptors (Lipinski definition) is 13. The molecule has 0 radical (unpaired) electrons. The van der Waals surface area contributed by atoms with E-state index in [2.05, 4.69) is 5.32 Å². The van der Waals surface area contributed by atoms with Crippen molar-refractivity contribution in [2.45, 2.75) is 6.42 Å². The molecule has 0 unspecified atom stereocenters. The fourth-order valence-corrected chi connectivity index (χ4v) is 2.73. The topological polar surface area (TPSA) is 140 Å². The van der Waals surface area contributed by atoms with Gasteiger partial charge in [-0.3, -0.25) is 4.79 Å². The number of nitrogens with one attached hydrogen (secondary N) is 1. The van der Waals surface area contributed by atoms with E-state index in [-0.39, 0.29) is 5.91 Å². The summed E-state index contributed by atoms with van der Waals surface area (Å²) in [5.41, 5.74) is 0. The van der Waals surface area contributed by atoms with Gasteiger partial charge in [-0.2, -0.15) is 0 Å². The molecule has 0 aliphatic rings. The van der Waals surface area contributed by atoms with Crippen LogP contribution in [0, 0.1) is 0 Å². The van der Waals surface area contributed by atoms with Crippen molar-refractivity contribution in [3.8, 4) is 0 Å². The molecule has 0 saturated carbocycles. The van der Waals surface area contributed by atoms with Gasteiger partial charge in [0.2, 0.25) is 5.91 Å². The van der Waals surface area contributed by atoms with Crippen molar-refractivity contribution in [2.24, 2.45) is 0 Å². The standard InChI is InChI=1S/C27H55NO13/c1-28-27(29)3-4-31-7-8-33-11-12-35-15-16-37-19-20-39-23-24-41-26-25-40-22-21-38-18-17-36-14-13-34-10-9-32-6-5-30-2/h3-26H2,1-2H3,(H,28,29). The predicted octanol–water partition coefficient (Wildman–Crippen LogP) is -0.0485. The molecular weight excluding hydrogens is 546 g/mol. The van der Waals surface area contributed by atoms with Crippen molar-refractivity contribution in [3.05, 3.63) is 0 Å². The first kappa shape index (κ1) is 40.0. The van der Waals surface area contributed by atoms with Gasteiger partial charge in [-0.15, -0.1) is 0 Å². The second-order valence-corrected chi connectivity index (χ2v) is 8.15. The molecule has 0 bridgehead atoms. The maximum absolute atomic E-state index is 11.0. The Balaban J connectivity index is 3.04. The van der Waals surface area contributed by atoms with Crippen LogP contribution in [0.15, 0.2) is 0 Å². The molecule has 0 aliphatic heterocycles. The van der Waals surface area contributed by atoms with E-state index in [0.29, 0.717) is 158 Å². The van der Waals surface area contributed by atoms with Crippen LogP contribution in [-0.2, 0) is 61.6 Å². The normalized spacial score (nSPS) is 11.4. The lowest BCUT2D eigenvalue weighted by molar-refractivity contribution is -0.121. The van der Waals surface area contributed by atoms with E-state index in [1.165, 1.54) is 0 Å². The van der Waals surface area contributed by atoms with Gasteiger partial charge >= 0.3 is 0 Å². The largest absolute Gasteiger partial charge is 0.382 e. The lowest BCUT2D eigenvalue weighted by Gasteiger charge is -2.09. The maximum Gasteiger partial charge on any atom is 0.222 e. The van der Waals surface area contributed by atoms with E-state index in [1.54, 1.807) is 14.2 Å². The van der Waals surface area contributed by atoms with E-state index >= 15 is 0 Å². The lowest BCUT2D eigenvalue weighted by atomic mass is 10.4. The molecule has 1 N–H and O–H groups in total. The molecule has 1 amide bonds. The molecule has 0 atom stereocenters. The molecule has 0 aromatic rings. The Morgan fingerprint density at radius 3 is 0.756 bits per heavy atom. The first-order valence-electron chi connectivity index (χ1n) is 14.4. The summed E-state index contributed by atoms with van der Waals surface area (Å²) < 4.78 is 64.3. The fourth-order valence-electron chi connectivity index (χ4n) is 2.73. The highest BCUT2D eigenvalue weighted by Gasteiger charge is 1.98. The highest BCUT2D eigenvalue weighted by Crippen LogP contribution is 1.88. The number of hydrogen-bond donors (Lipinski definition) is 1. The molecule has 41 heavy (non-hydrogen) atoms. The molecule has 0 rings (SSSR count). The fraction of sp³-hybridized carbons (Fsp3) is 0.963. The molecule has 14 heteroatoms. The van der Waals surface area contributed by atoms with Crippen LogP contribution in [-0.4, -0.2) is 172 Å². The van der Waals surface area contributed by atoms with Crippen LogP contribution >= 0.6 is 0 Å². The summed E-state index contributed by atoms with van der Waals surface area (Å²) in [6.45, 7) is 11.7. The highest BCUT2D eigenvalue weighted by atomic mass is 16.6. The zero-order valence-electron chi connectivity index (χ0n) is 25.3. The van der Waals surface area contributed by atoms with Gasteiger partial charge in [-0.1, -0.05) is 0 Å². The molecule has 0 aromatic carbocycles. The number of rotatable bonds is 36. The smallest absolute Gasteiger partial charge is 0.222 e. The summed E-state index contributed by atoms with van der Waals surface area (Å²) in [5.74, 6) is -0.0354. The summed E-state index contributed by atoms with van der Waals surface area (Å²) >= 11 is 0. The minimum absolute atomic E-state index is 0.0354. The number of ether oxygens (including phenoxy) is 12. The third-order valence-electron chi connectivity index (χ3n) is 4.90. The molecule has 14 nitrogen and oxygen atoms in total. The molecule has 0 aromatic heterocycles. The summed E-state index contributed by atoms with van der Waals surface area (Å²) in [4.78, 5) is 11.0. The van der Waals surface area contributed by atoms with Crippen molar-refractivity contribution in [1.29, 1.82) is 0 Å². The molecule has 0 spiro atoms. The van der Waals surface area contributed by atoms with E-state index in [0.717, 1.165) is 0 Å². The van der Waals surface area contributed by atoms with E-state index in [9.17, 15) is 4.79 Å². The molecular formula is C27H55NO13. The van der Waals surface area contributed by atoms with Gasteiger partial charge in [0.1, 0.15) is 0 Å². The quantitative estimate of drug-likeness (QED) is 0.0961. The molecule has 0 saturated heterocycles. The van der Waals surface area contributed by atoms with Gasteiger partial charge in [0.15, 0.2) is 0 Å². The summed E-state index contributed by atoms with van der Waals surface area (Å²) in [6, 6.07) is 0. The third-order valence-corrected chi connectivity index (χ3v) is 4.90. The Kier molecular flexibility index (Phi) is 36.1. The second-order valence-electron chi connectivity index (χ2n) is 8.15. The van der Waals surface area contributed by atoms with E-state index in [1.807, 2.05) is 0 Å². The van der Waals surface area contributed by atoms with E-state index < -0.39 is 0 Å². The number of carbonyl (C=O) groups is 1. The molecule has 246 valence electrons. The summed E-state index contributed by atoms with van der Waals surface area (Å²) in [7, 11) is 3.25. The Bertz CT molecular complexity index is 506. The molecule has 0 heterocycles. The van der Waals surface area contributed by atoms with Crippen LogP contribution in [0.2, 0.25) is 0 Å². The van der Waals surface area contributed by atoms with Crippen molar-refractivity contribution in [3.63, 3.8) is 0 Å². The highest BCUT2D eigenvalue weighted by molar-refractivity contribution is 5.75. The van der Waals surface area contributed by atoms with E-state index in [4.69, 9.17) is 56.8 Å². The van der Waals surface area contributed by atoms with Crippen LogP contribution in [0.3, 0.4) is 0 Å². The zero-order chi connectivity index (χ0) is 29.7. The van der Waals surface area contributed by atoms with Crippen LogP contribution in [0.25, 0.3) is 0 Å². The Morgan fingerprint density at radius 1 is 0.366 bits per heavy atom. The average molecular weight is 602 g/mol. The zero-order valence-corrected chi connectivity index (χ0v) is 25.3. The third kappa shape index (κ3) is 37.0. The van der Waals surface area contributed by atoms with Gasteiger partial charge in [0.25, 0.3) is 0 Å². The lowest BCUT2D eigenvalue weighted by Crippen LogP contribution is -2.20. The van der Waals surface area contributed by atoms with Gasteiger partial charge in [-0.05, 0) is 0 Å². The van der Waals surface area contributed by atoms with Crippen LogP contribution in [0.5, 0.6) is 0 Å². The second kappa shape index (κ2) is 37.0. The Morgan fingerprint density at radius 2 is 0.561 bits per heavy atom. The first-order valence-corrected chi connectivity index (χ1v) is 14.4. The summed E-state index contributed by atoms with van der Waals surface area (Å²) in [5, 5.41) is 2.54. The number of amides is 1. The average Bonchev–Trinajstić information content (AvgIpc) is 2.99. The minimum Gasteiger partial charge on any atom is -0.382 e. The first-order chi connectivity index (χ1) is 20.3. The Labute approximate surface area is 245 Å². The van der Waals surface area contributed by atoms with Crippen LogP contribution in [0.1, 0.15) is 6.42 Å². The number of carbonyl (C=O) groups excluding carboxylic acids is 1. The molecule has 0 aliphatic carbocycles. The van der Waals surface area contributed by atoms with Gasteiger partial charge < -0.3 is 62.2 Å². The van der Waals surface area contributed by atoms with Gasteiger partial charge in [0, 0.05) is 20.6 Å². The van der Waals surface area contributed by atoms with Crippen LogP contribution < -0.4 is 5.32 Å². The van der Waals surface area contributed by atoms with Crippen molar-refractivity contribution in [2.75, 3.05) is 166 Å². The van der Waals surface area contributed by atoms with Crippen molar-refractivity contribution < 1.29 is 61.6 Å². The monoisotopic (exact) mass is 601 g/mol. The molecule has 0 fully saturated rings. The van der Waals surface area contributed by atoms with Crippen molar-refractivity contribution >= 4 is 5.91 Å². The Hall–Kier alpha value is -1.01. The maximum atomic E-state index is 11.0. The van der Waals surface area contributed by atoms with Gasteiger partial charge in [0.05, 0.1) is 152 Å². The SMILES string of the molecule is CNC(=O)CCOCCOCCOCCOCCOCCOCCOCCOCCOCCOCCOCCOC.